The van der Waals surface area contributed by atoms with Gasteiger partial charge in [0.05, 0.1) is 0 Å². The number of rotatable bonds is 3. The molecule has 0 amide bonds. The van der Waals surface area contributed by atoms with E-state index >= 15 is 0 Å². The van der Waals surface area contributed by atoms with Crippen molar-refractivity contribution in [1.29, 1.82) is 0 Å². The molecule has 0 aliphatic rings. The van der Waals surface area contributed by atoms with Crippen LogP contribution in [0.4, 0.5) is 0 Å². The molecule has 3 unspecified atom stereocenters. The first-order valence-corrected chi connectivity index (χ1v) is 3.55. The molecule has 0 aliphatic heterocycles. The maximum absolute atomic E-state index is 10.1. The summed E-state index contributed by atoms with van der Waals surface area (Å²) in [5, 5.41) is 10.3. The number of carbonyl (C=O) groups is 1. The first kappa shape index (κ1) is 19.1. The normalized spacial score (nSPS) is 13.7. The molecule has 2 N–H and O–H groups in total. The molecule has 0 aromatic carbocycles. The van der Waals surface area contributed by atoms with Crippen LogP contribution in [0.3, 0.4) is 0 Å². The summed E-state index contributed by atoms with van der Waals surface area (Å²) in [6.07, 6.45) is 0. The van der Waals surface area contributed by atoms with Crippen molar-refractivity contribution >= 4 is 27.8 Å². The molecule has 0 saturated heterocycles. The van der Waals surface area contributed by atoms with E-state index in [2.05, 4.69) is 27.2 Å². The molecule has 60 valence electrons. The minimum atomic E-state index is -0.959. The molecule has 0 rings (SSSR count). The fourth-order valence-electron chi connectivity index (χ4n) is 0.305. The van der Waals surface area contributed by atoms with Crippen molar-refractivity contribution in [1.82, 2.24) is 5.32 Å². The van der Waals surface area contributed by atoms with Gasteiger partial charge in [-0.15, -0.1) is 9.24 Å². The average molecular weight is 344 g/mol. The Morgan fingerprint density at radius 3 is 2.09 bits per heavy atom. The van der Waals surface area contributed by atoms with Crippen LogP contribution in [0, 0.1) is 0 Å². The fourth-order valence-corrected chi connectivity index (χ4v) is 0.606. The third-order valence-corrected chi connectivity index (χ3v) is 2.39. The Labute approximate surface area is 125 Å². The fraction of sp³-hybridized carbons (Fsp3) is 0.750. The molecule has 0 aliphatic carbocycles. The SMILES string of the molecule is CNC(P)C([S-])C(=O)O.[Y].[Y]. The predicted octanol–water partition coefficient (Wildman–Crippen LogP) is -0.598. The van der Waals surface area contributed by atoms with Crippen LogP contribution in [-0.4, -0.2) is 29.2 Å². The molecular weight excluding hydrogens is 335 g/mol. The summed E-state index contributed by atoms with van der Waals surface area (Å²) >= 11 is 4.60. The monoisotopic (exact) mass is 344 g/mol. The van der Waals surface area contributed by atoms with Crippen LogP contribution in [0.25, 0.3) is 0 Å². The van der Waals surface area contributed by atoms with E-state index in [-0.39, 0.29) is 71.2 Å². The quantitative estimate of drug-likeness (QED) is 0.531. The number of hydrogen-bond acceptors (Lipinski definition) is 3. The van der Waals surface area contributed by atoms with E-state index < -0.39 is 11.2 Å². The number of carboxylic acids is 1. The Morgan fingerprint density at radius 2 is 2.00 bits per heavy atom. The van der Waals surface area contributed by atoms with E-state index in [0.717, 1.165) is 0 Å². The van der Waals surface area contributed by atoms with Crippen molar-refractivity contribution in [2.75, 3.05) is 7.05 Å². The smallest absolute Gasteiger partial charge is 0.284 e. The van der Waals surface area contributed by atoms with Crippen molar-refractivity contribution in [3.05, 3.63) is 0 Å². The Bertz CT molecular complexity index is 118. The Balaban J connectivity index is -0.000000320. The van der Waals surface area contributed by atoms with Gasteiger partial charge in [-0.25, -0.2) is 0 Å². The molecule has 0 fully saturated rings. The predicted molar refractivity (Wildman–Crippen MR) is 41.3 cm³/mol. The summed E-state index contributed by atoms with van der Waals surface area (Å²) in [5.74, 6) is -1.18. The molecule has 0 aromatic rings. The van der Waals surface area contributed by atoms with Crippen LogP contribution in [-0.2, 0) is 82.8 Å². The number of nitrogens with one attached hydrogen (secondary N) is 1. The van der Waals surface area contributed by atoms with Crippen LogP contribution < -0.4 is 5.32 Å². The van der Waals surface area contributed by atoms with Crippen molar-refractivity contribution in [3.63, 3.8) is 0 Å². The molecular formula is C4H9NO2PSY2-. The van der Waals surface area contributed by atoms with Crippen molar-refractivity contribution in [2.45, 2.75) is 11.0 Å². The second-order valence-electron chi connectivity index (χ2n) is 1.57. The van der Waals surface area contributed by atoms with Gasteiger partial charge >= 0.3 is 0 Å². The molecule has 0 bridgehead atoms. The van der Waals surface area contributed by atoms with Gasteiger partial charge in [0.15, 0.2) is 0 Å². The van der Waals surface area contributed by atoms with Crippen molar-refractivity contribution in [3.8, 4) is 0 Å². The van der Waals surface area contributed by atoms with Gasteiger partial charge in [0.25, 0.3) is 5.97 Å². The Kier molecular flexibility index (Phi) is 18.2. The van der Waals surface area contributed by atoms with Crippen LogP contribution >= 0.6 is 9.24 Å². The van der Waals surface area contributed by atoms with Gasteiger partial charge in [-0.1, -0.05) is 0 Å². The zero-order valence-electron chi connectivity index (χ0n) is 6.15. The largest absolute Gasteiger partial charge is 0.776 e. The molecule has 11 heavy (non-hydrogen) atoms. The molecule has 0 heterocycles. The van der Waals surface area contributed by atoms with Gasteiger partial charge in [0.2, 0.25) is 0 Å². The van der Waals surface area contributed by atoms with E-state index in [1.165, 1.54) is 0 Å². The van der Waals surface area contributed by atoms with Crippen molar-refractivity contribution < 1.29 is 75.3 Å². The zero-order chi connectivity index (χ0) is 7.44. The van der Waals surface area contributed by atoms with E-state index in [1.807, 2.05) is 0 Å². The summed E-state index contributed by atoms with van der Waals surface area (Å²) in [5.41, 5.74) is 0. The van der Waals surface area contributed by atoms with E-state index in [0.29, 0.717) is 0 Å². The molecule has 7 heteroatoms. The number of carboxylic acid groups (broad SMARTS) is 1. The minimum Gasteiger partial charge on any atom is -0.776 e. The van der Waals surface area contributed by atoms with Crippen LogP contribution in [0.1, 0.15) is 0 Å². The van der Waals surface area contributed by atoms with Gasteiger partial charge in [0.1, 0.15) is 0 Å². The van der Waals surface area contributed by atoms with E-state index in [9.17, 15) is 4.79 Å². The van der Waals surface area contributed by atoms with E-state index in [4.69, 9.17) is 5.11 Å². The molecule has 0 spiro atoms. The van der Waals surface area contributed by atoms with Gasteiger partial charge in [-0.2, -0.15) is 0 Å². The zero-order valence-corrected chi connectivity index (χ0v) is 13.8. The van der Waals surface area contributed by atoms with Gasteiger partial charge in [0, 0.05) is 71.2 Å². The summed E-state index contributed by atoms with van der Waals surface area (Å²) in [7, 11) is 3.99. The maximum Gasteiger partial charge on any atom is 0.284 e. The summed E-state index contributed by atoms with van der Waals surface area (Å²) in [6.45, 7) is 0. The first-order valence-electron chi connectivity index (χ1n) is 2.41. The van der Waals surface area contributed by atoms with Crippen LogP contribution in [0.2, 0.25) is 0 Å². The molecule has 3 atom stereocenters. The standard InChI is InChI=1S/C4H10NO2PS.2Y/c1-5-3(8)2(9)4(6)7;;/h2-3,5,9H,8H2,1H3,(H,6,7);;/p-1. The summed E-state index contributed by atoms with van der Waals surface area (Å²) in [4.78, 5) is 10.1. The number of hydrogen-bond donors (Lipinski definition) is 2. The van der Waals surface area contributed by atoms with Gasteiger partial charge in [-0.3, -0.25) is 4.79 Å². The maximum atomic E-state index is 10.1. The molecule has 3 nitrogen and oxygen atoms in total. The summed E-state index contributed by atoms with van der Waals surface area (Å²) in [6, 6.07) is 0. The topological polar surface area (TPSA) is 49.3 Å². The van der Waals surface area contributed by atoms with Gasteiger partial charge < -0.3 is 23.1 Å². The first-order chi connectivity index (χ1) is 4.09. The van der Waals surface area contributed by atoms with Gasteiger partial charge in [-0.05, 0) is 12.3 Å². The van der Waals surface area contributed by atoms with Crippen LogP contribution in [0.15, 0.2) is 0 Å². The second-order valence-corrected chi connectivity index (χ2v) is 2.80. The third-order valence-electron chi connectivity index (χ3n) is 0.903. The molecule has 0 saturated carbocycles. The number of aliphatic carboxylic acids is 1. The average Bonchev–Trinajstić information content (AvgIpc) is 1.84. The second kappa shape index (κ2) is 10.5. The molecule has 2 radical (unpaired) electrons. The van der Waals surface area contributed by atoms with Crippen LogP contribution in [0.5, 0.6) is 0 Å². The minimum absolute atomic E-state index is 0. The third kappa shape index (κ3) is 8.74. The Hall–Kier alpha value is 2.42. The summed E-state index contributed by atoms with van der Waals surface area (Å²) < 4.78 is 0. The van der Waals surface area contributed by atoms with Crippen molar-refractivity contribution in [2.24, 2.45) is 0 Å². The Morgan fingerprint density at radius 1 is 1.64 bits per heavy atom. The van der Waals surface area contributed by atoms with E-state index in [1.54, 1.807) is 7.05 Å². The molecule has 0 aromatic heterocycles.